The molecule has 0 unspecified atom stereocenters. The van der Waals surface area contributed by atoms with Crippen molar-refractivity contribution in [2.45, 2.75) is 13.5 Å². The van der Waals surface area contributed by atoms with Gasteiger partial charge in [0.15, 0.2) is 0 Å². The predicted octanol–water partition coefficient (Wildman–Crippen LogP) is 4.40. The van der Waals surface area contributed by atoms with Gasteiger partial charge in [-0.05, 0) is 36.2 Å². The molecule has 0 radical (unpaired) electrons. The Balaban J connectivity index is 2.10. The van der Waals surface area contributed by atoms with Crippen LogP contribution >= 0.6 is 11.6 Å². The second-order valence-corrected chi connectivity index (χ2v) is 4.36. The molecule has 0 saturated carbocycles. The van der Waals surface area contributed by atoms with Gasteiger partial charge in [-0.3, -0.25) is 0 Å². The van der Waals surface area contributed by atoms with Crippen LogP contribution in [-0.4, -0.2) is 0 Å². The van der Waals surface area contributed by atoms with Gasteiger partial charge in [0.2, 0.25) is 0 Å². The number of halogens is 2. The summed E-state index contributed by atoms with van der Waals surface area (Å²) in [5.74, 6) is -0.200. The van der Waals surface area contributed by atoms with Crippen LogP contribution in [-0.2, 0) is 6.54 Å². The zero-order chi connectivity index (χ0) is 12.3. The summed E-state index contributed by atoms with van der Waals surface area (Å²) in [5.41, 5.74) is 2.18. The minimum atomic E-state index is -0.200. The standard InChI is InChI=1S/C14H13ClFN/c1-10-4-2-7-13(14(10)16)17-9-11-5-3-6-12(15)8-11/h2-8,17H,9H2,1H3. The smallest absolute Gasteiger partial charge is 0.149 e. The van der Waals surface area contributed by atoms with Crippen molar-refractivity contribution in [1.82, 2.24) is 0 Å². The molecule has 2 aromatic carbocycles. The quantitative estimate of drug-likeness (QED) is 0.850. The molecule has 0 heterocycles. The van der Waals surface area contributed by atoms with Crippen molar-refractivity contribution < 1.29 is 4.39 Å². The zero-order valence-electron chi connectivity index (χ0n) is 9.50. The van der Waals surface area contributed by atoms with Crippen molar-refractivity contribution in [3.8, 4) is 0 Å². The molecule has 88 valence electrons. The first-order valence-electron chi connectivity index (χ1n) is 5.40. The molecule has 0 fully saturated rings. The van der Waals surface area contributed by atoms with Gasteiger partial charge in [-0.1, -0.05) is 35.9 Å². The normalized spacial score (nSPS) is 10.3. The molecule has 0 amide bonds. The molecule has 0 saturated heterocycles. The van der Waals surface area contributed by atoms with Crippen LogP contribution in [0.15, 0.2) is 42.5 Å². The summed E-state index contributed by atoms with van der Waals surface area (Å²) in [5, 5.41) is 3.75. The third-order valence-corrected chi connectivity index (χ3v) is 2.80. The molecule has 2 rings (SSSR count). The van der Waals surface area contributed by atoms with Crippen molar-refractivity contribution in [1.29, 1.82) is 0 Å². The SMILES string of the molecule is Cc1cccc(NCc2cccc(Cl)c2)c1F. The Hall–Kier alpha value is -1.54. The average Bonchev–Trinajstić information content (AvgIpc) is 2.31. The summed E-state index contributed by atoms with van der Waals surface area (Å²) < 4.78 is 13.7. The Morgan fingerprint density at radius 1 is 1.18 bits per heavy atom. The highest BCUT2D eigenvalue weighted by atomic mass is 35.5. The number of anilines is 1. The van der Waals surface area contributed by atoms with E-state index in [-0.39, 0.29) is 5.82 Å². The third-order valence-electron chi connectivity index (χ3n) is 2.56. The zero-order valence-corrected chi connectivity index (χ0v) is 10.3. The van der Waals surface area contributed by atoms with E-state index in [2.05, 4.69) is 5.32 Å². The Kier molecular flexibility index (Phi) is 3.64. The third kappa shape index (κ3) is 2.98. The van der Waals surface area contributed by atoms with Crippen molar-refractivity contribution in [2.24, 2.45) is 0 Å². The number of hydrogen-bond donors (Lipinski definition) is 1. The first-order chi connectivity index (χ1) is 8.16. The fraction of sp³-hybridized carbons (Fsp3) is 0.143. The van der Waals surface area contributed by atoms with Gasteiger partial charge < -0.3 is 5.32 Å². The number of rotatable bonds is 3. The van der Waals surface area contributed by atoms with Crippen LogP contribution in [0.5, 0.6) is 0 Å². The molecule has 0 aliphatic carbocycles. The largest absolute Gasteiger partial charge is 0.379 e. The molecule has 0 aliphatic rings. The van der Waals surface area contributed by atoms with Crippen molar-refractivity contribution in [2.75, 3.05) is 5.32 Å². The lowest BCUT2D eigenvalue weighted by Gasteiger charge is -2.09. The molecule has 0 spiro atoms. The molecule has 0 atom stereocenters. The maximum atomic E-state index is 13.7. The fourth-order valence-electron chi connectivity index (χ4n) is 1.63. The van der Waals surface area contributed by atoms with E-state index in [1.807, 2.05) is 30.3 Å². The van der Waals surface area contributed by atoms with E-state index in [9.17, 15) is 4.39 Å². The minimum Gasteiger partial charge on any atom is -0.379 e. The van der Waals surface area contributed by atoms with E-state index < -0.39 is 0 Å². The maximum Gasteiger partial charge on any atom is 0.149 e. The maximum absolute atomic E-state index is 13.7. The van der Waals surface area contributed by atoms with Gasteiger partial charge in [-0.2, -0.15) is 0 Å². The molecule has 3 heteroatoms. The first-order valence-corrected chi connectivity index (χ1v) is 5.78. The number of hydrogen-bond acceptors (Lipinski definition) is 1. The molecule has 0 aromatic heterocycles. The lowest BCUT2D eigenvalue weighted by Crippen LogP contribution is -2.02. The molecule has 17 heavy (non-hydrogen) atoms. The summed E-state index contributed by atoms with van der Waals surface area (Å²) in [7, 11) is 0. The van der Waals surface area contributed by atoms with Gasteiger partial charge in [-0.15, -0.1) is 0 Å². The van der Waals surface area contributed by atoms with Crippen LogP contribution in [0.4, 0.5) is 10.1 Å². The Morgan fingerprint density at radius 2 is 1.94 bits per heavy atom. The van der Waals surface area contributed by atoms with Crippen LogP contribution in [0.2, 0.25) is 5.02 Å². The Labute approximate surface area is 105 Å². The van der Waals surface area contributed by atoms with E-state index in [0.29, 0.717) is 22.8 Å². The highest BCUT2D eigenvalue weighted by Crippen LogP contribution is 2.18. The lowest BCUT2D eigenvalue weighted by atomic mass is 10.2. The van der Waals surface area contributed by atoms with E-state index in [1.54, 1.807) is 19.1 Å². The first kappa shape index (κ1) is 11.9. The van der Waals surface area contributed by atoms with Gasteiger partial charge in [0.1, 0.15) is 5.82 Å². The fourth-order valence-corrected chi connectivity index (χ4v) is 1.84. The molecule has 0 bridgehead atoms. The molecular weight excluding hydrogens is 237 g/mol. The van der Waals surface area contributed by atoms with Crippen molar-refractivity contribution in [3.05, 3.63) is 64.4 Å². The van der Waals surface area contributed by atoms with E-state index in [0.717, 1.165) is 5.56 Å². The highest BCUT2D eigenvalue weighted by Gasteiger charge is 2.03. The van der Waals surface area contributed by atoms with Crippen molar-refractivity contribution in [3.63, 3.8) is 0 Å². The lowest BCUT2D eigenvalue weighted by molar-refractivity contribution is 0.621. The number of aryl methyl sites for hydroxylation is 1. The Bertz CT molecular complexity index is 525. The van der Waals surface area contributed by atoms with E-state index >= 15 is 0 Å². The van der Waals surface area contributed by atoms with Gasteiger partial charge in [-0.25, -0.2) is 4.39 Å². The number of benzene rings is 2. The summed E-state index contributed by atoms with van der Waals surface area (Å²) in [6, 6.07) is 12.8. The van der Waals surface area contributed by atoms with E-state index in [1.165, 1.54) is 0 Å². The van der Waals surface area contributed by atoms with Gasteiger partial charge in [0, 0.05) is 11.6 Å². The average molecular weight is 250 g/mol. The second kappa shape index (κ2) is 5.19. The summed E-state index contributed by atoms with van der Waals surface area (Å²) in [6.07, 6.45) is 0. The van der Waals surface area contributed by atoms with E-state index in [4.69, 9.17) is 11.6 Å². The van der Waals surface area contributed by atoms with Crippen LogP contribution < -0.4 is 5.32 Å². The van der Waals surface area contributed by atoms with Crippen LogP contribution in [0.3, 0.4) is 0 Å². The van der Waals surface area contributed by atoms with Crippen LogP contribution in [0.25, 0.3) is 0 Å². The minimum absolute atomic E-state index is 0.200. The highest BCUT2D eigenvalue weighted by molar-refractivity contribution is 6.30. The van der Waals surface area contributed by atoms with Crippen LogP contribution in [0, 0.1) is 12.7 Å². The molecule has 1 nitrogen and oxygen atoms in total. The van der Waals surface area contributed by atoms with Crippen LogP contribution in [0.1, 0.15) is 11.1 Å². The van der Waals surface area contributed by atoms with Gasteiger partial charge >= 0.3 is 0 Å². The number of nitrogens with one attached hydrogen (secondary N) is 1. The molecular formula is C14H13ClFN. The molecule has 0 aliphatic heterocycles. The molecule has 2 aromatic rings. The van der Waals surface area contributed by atoms with Crippen molar-refractivity contribution >= 4 is 17.3 Å². The topological polar surface area (TPSA) is 12.0 Å². The molecule has 1 N–H and O–H groups in total. The predicted molar refractivity (Wildman–Crippen MR) is 69.9 cm³/mol. The summed E-state index contributed by atoms with van der Waals surface area (Å²) >= 11 is 5.88. The summed E-state index contributed by atoms with van der Waals surface area (Å²) in [6.45, 7) is 2.31. The summed E-state index contributed by atoms with van der Waals surface area (Å²) in [4.78, 5) is 0. The van der Waals surface area contributed by atoms with Gasteiger partial charge in [0.05, 0.1) is 5.69 Å². The monoisotopic (exact) mass is 249 g/mol. The Morgan fingerprint density at radius 3 is 2.71 bits per heavy atom. The second-order valence-electron chi connectivity index (χ2n) is 3.92. The van der Waals surface area contributed by atoms with Gasteiger partial charge in [0.25, 0.3) is 0 Å².